The van der Waals surface area contributed by atoms with Gasteiger partial charge in [-0.1, -0.05) is 13.8 Å². The molecule has 0 aliphatic heterocycles. The summed E-state index contributed by atoms with van der Waals surface area (Å²) in [6.07, 6.45) is 2.62. The second kappa shape index (κ2) is 7.77. The molecule has 0 spiro atoms. The van der Waals surface area contributed by atoms with Gasteiger partial charge in [0.25, 0.3) is 0 Å². The first-order chi connectivity index (χ1) is 10.3. The highest BCUT2D eigenvalue weighted by atomic mass is 16.3. The Morgan fingerprint density at radius 2 is 1.95 bits per heavy atom. The Bertz CT molecular complexity index is 504. The van der Waals surface area contributed by atoms with E-state index in [1.807, 2.05) is 32.5 Å². The molecule has 0 aliphatic carbocycles. The summed E-state index contributed by atoms with van der Waals surface area (Å²) in [6.45, 7) is 10.9. The van der Waals surface area contributed by atoms with Crippen LogP contribution in [0.5, 0.6) is 0 Å². The first-order valence-corrected chi connectivity index (χ1v) is 8.20. The molecule has 0 aliphatic rings. The molecule has 1 amide bonds. The van der Waals surface area contributed by atoms with E-state index in [4.69, 9.17) is 0 Å². The quantitative estimate of drug-likeness (QED) is 0.775. The number of nitrogens with zero attached hydrogens (tertiary/aromatic N) is 2. The van der Waals surface area contributed by atoms with Crippen LogP contribution in [0.4, 0.5) is 0 Å². The lowest BCUT2D eigenvalue weighted by Crippen LogP contribution is -2.39. The topological polar surface area (TPSA) is 67.2 Å². The molecule has 1 heterocycles. The van der Waals surface area contributed by atoms with Crippen molar-refractivity contribution >= 4 is 5.91 Å². The number of aromatic nitrogens is 2. The molecule has 0 bridgehead atoms. The summed E-state index contributed by atoms with van der Waals surface area (Å²) in [5, 5.41) is 16.7. The van der Waals surface area contributed by atoms with Crippen LogP contribution in [0.2, 0.25) is 0 Å². The molecule has 1 aromatic heterocycles. The standard InChI is InChI=1S/C17H31N3O2/c1-7-17(8-2,9-10-21)11-18-16(22)12(3)15-13(4)19-20(6)14(15)5/h12,21H,7-11H2,1-6H3,(H,18,22). The summed E-state index contributed by atoms with van der Waals surface area (Å²) in [5.74, 6) is -0.183. The summed E-state index contributed by atoms with van der Waals surface area (Å²) < 4.78 is 1.82. The average Bonchev–Trinajstić information content (AvgIpc) is 2.75. The van der Waals surface area contributed by atoms with E-state index >= 15 is 0 Å². The number of aliphatic hydroxyl groups is 1. The van der Waals surface area contributed by atoms with Crippen LogP contribution in [0.3, 0.4) is 0 Å². The van der Waals surface area contributed by atoms with Gasteiger partial charge in [-0.3, -0.25) is 9.48 Å². The minimum Gasteiger partial charge on any atom is -0.396 e. The van der Waals surface area contributed by atoms with Crippen molar-refractivity contribution in [2.45, 2.75) is 59.8 Å². The molecule has 22 heavy (non-hydrogen) atoms. The highest BCUT2D eigenvalue weighted by molar-refractivity contribution is 5.83. The van der Waals surface area contributed by atoms with E-state index in [0.29, 0.717) is 6.54 Å². The van der Waals surface area contributed by atoms with Crippen LogP contribution in [-0.2, 0) is 11.8 Å². The number of hydrogen-bond donors (Lipinski definition) is 2. The van der Waals surface area contributed by atoms with Gasteiger partial charge >= 0.3 is 0 Å². The van der Waals surface area contributed by atoms with Crippen molar-refractivity contribution in [3.05, 3.63) is 17.0 Å². The van der Waals surface area contributed by atoms with E-state index in [-0.39, 0.29) is 23.8 Å². The van der Waals surface area contributed by atoms with E-state index in [1.165, 1.54) is 0 Å². The van der Waals surface area contributed by atoms with E-state index in [1.54, 1.807) is 0 Å². The second-order valence-corrected chi connectivity index (χ2v) is 6.33. The van der Waals surface area contributed by atoms with Crippen LogP contribution in [0, 0.1) is 19.3 Å². The molecule has 0 fully saturated rings. The number of hydrogen-bond acceptors (Lipinski definition) is 3. The lowest BCUT2D eigenvalue weighted by molar-refractivity contribution is -0.122. The number of aryl methyl sites for hydroxylation is 2. The zero-order chi connectivity index (χ0) is 16.9. The fourth-order valence-electron chi connectivity index (χ4n) is 3.15. The monoisotopic (exact) mass is 309 g/mol. The molecular weight excluding hydrogens is 278 g/mol. The van der Waals surface area contributed by atoms with Gasteiger partial charge in [-0.05, 0) is 45.4 Å². The summed E-state index contributed by atoms with van der Waals surface area (Å²) in [7, 11) is 1.90. The maximum absolute atomic E-state index is 12.5. The predicted octanol–water partition coefficient (Wildman–Crippen LogP) is 2.45. The molecule has 0 saturated carbocycles. The fraction of sp³-hybridized carbons (Fsp3) is 0.765. The van der Waals surface area contributed by atoms with Gasteiger partial charge in [-0.15, -0.1) is 0 Å². The van der Waals surface area contributed by atoms with Crippen LogP contribution in [0.15, 0.2) is 0 Å². The zero-order valence-electron chi connectivity index (χ0n) is 14.9. The Kier molecular flexibility index (Phi) is 6.60. The molecule has 0 aromatic carbocycles. The molecule has 5 heteroatoms. The van der Waals surface area contributed by atoms with Crippen molar-refractivity contribution in [2.24, 2.45) is 12.5 Å². The number of rotatable bonds is 8. The van der Waals surface area contributed by atoms with E-state index in [0.717, 1.165) is 36.2 Å². The van der Waals surface area contributed by atoms with Gasteiger partial charge in [0.1, 0.15) is 0 Å². The molecule has 5 nitrogen and oxygen atoms in total. The summed E-state index contributed by atoms with van der Waals surface area (Å²) >= 11 is 0. The minimum atomic E-state index is -0.214. The highest BCUT2D eigenvalue weighted by Crippen LogP contribution is 2.30. The first kappa shape index (κ1) is 18.7. The molecule has 0 radical (unpaired) electrons. The largest absolute Gasteiger partial charge is 0.396 e. The normalized spacial score (nSPS) is 13.2. The Balaban J connectivity index is 2.80. The van der Waals surface area contributed by atoms with E-state index in [2.05, 4.69) is 24.3 Å². The van der Waals surface area contributed by atoms with Gasteiger partial charge in [0.05, 0.1) is 11.6 Å². The third kappa shape index (κ3) is 3.88. The van der Waals surface area contributed by atoms with Gasteiger partial charge in [-0.2, -0.15) is 5.10 Å². The number of amides is 1. The maximum Gasteiger partial charge on any atom is 0.227 e. The molecule has 1 atom stereocenters. The van der Waals surface area contributed by atoms with E-state index < -0.39 is 0 Å². The first-order valence-electron chi connectivity index (χ1n) is 8.20. The van der Waals surface area contributed by atoms with Gasteiger partial charge < -0.3 is 10.4 Å². The Labute approximate surface area is 134 Å². The van der Waals surface area contributed by atoms with Crippen LogP contribution in [0.25, 0.3) is 0 Å². The van der Waals surface area contributed by atoms with Crippen molar-refractivity contribution < 1.29 is 9.90 Å². The Morgan fingerprint density at radius 1 is 1.36 bits per heavy atom. The smallest absolute Gasteiger partial charge is 0.227 e. The lowest BCUT2D eigenvalue weighted by atomic mass is 9.79. The van der Waals surface area contributed by atoms with Crippen LogP contribution < -0.4 is 5.32 Å². The van der Waals surface area contributed by atoms with Crippen molar-refractivity contribution in [3.63, 3.8) is 0 Å². The third-order valence-electron chi connectivity index (χ3n) is 5.17. The zero-order valence-corrected chi connectivity index (χ0v) is 14.9. The molecule has 1 aromatic rings. The maximum atomic E-state index is 12.5. The summed E-state index contributed by atoms with van der Waals surface area (Å²) in [6, 6.07) is 0. The summed E-state index contributed by atoms with van der Waals surface area (Å²) in [4.78, 5) is 12.5. The Morgan fingerprint density at radius 3 is 2.36 bits per heavy atom. The molecule has 0 saturated heterocycles. The van der Waals surface area contributed by atoms with Gasteiger partial charge in [0, 0.05) is 31.5 Å². The number of carbonyl (C=O) groups excluding carboxylic acids is 1. The number of nitrogens with one attached hydrogen (secondary N) is 1. The number of carbonyl (C=O) groups is 1. The molecule has 2 N–H and O–H groups in total. The lowest BCUT2D eigenvalue weighted by Gasteiger charge is -2.31. The van der Waals surface area contributed by atoms with Crippen LogP contribution in [0.1, 0.15) is 62.9 Å². The van der Waals surface area contributed by atoms with Crippen LogP contribution in [-0.4, -0.2) is 33.9 Å². The average molecular weight is 309 g/mol. The predicted molar refractivity (Wildman–Crippen MR) is 88.8 cm³/mol. The van der Waals surface area contributed by atoms with Crippen molar-refractivity contribution in [1.29, 1.82) is 0 Å². The van der Waals surface area contributed by atoms with Gasteiger partial charge in [-0.25, -0.2) is 0 Å². The summed E-state index contributed by atoms with van der Waals surface area (Å²) in [5.41, 5.74) is 2.95. The Hall–Kier alpha value is -1.36. The number of aliphatic hydroxyl groups excluding tert-OH is 1. The fourth-order valence-corrected chi connectivity index (χ4v) is 3.15. The minimum absolute atomic E-state index is 0.0108. The third-order valence-corrected chi connectivity index (χ3v) is 5.17. The molecule has 126 valence electrons. The van der Waals surface area contributed by atoms with Crippen molar-refractivity contribution in [3.8, 4) is 0 Å². The van der Waals surface area contributed by atoms with Crippen molar-refractivity contribution in [2.75, 3.05) is 13.2 Å². The second-order valence-electron chi connectivity index (χ2n) is 6.33. The van der Waals surface area contributed by atoms with E-state index in [9.17, 15) is 9.90 Å². The molecule has 1 rings (SSSR count). The molecule has 1 unspecified atom stereocenters. The van der Waals surface area contributed by atoms with Gasteiger partial charge in [0.2, 0.25) is 5.91 Å². The van der Waals surface area contributed by atoms with Gasteiger partial charge in [0.15, 0.2) is 0 Å². The highest BCUT2D eigenvalue weighted by Gasteiger charge is 2.28. The van der Waals surface area contributed by atoms with Crippen LogP contribution >= 0.6 is 0 Å². The molecular formula is C17H31N3O2. The van der Waals surface area contributed by atoms with Crippen molar-refractivity contribution in [1.82, 2.24) is 15.1 Å². The SMILES string of the molecule is CCC(CC)(CCO)CNC(=O)C(C)c1c(C)nn(C)c1C.